The molecule has 13 amide bonds. The number of piperidine rings is 1. The van der Waals surface area contributed by atoms with Gasteiger partial charge in [-0.2, -0.15) is 0 Å². The molecule has 25 nitrogen and oxygen atoms in total. The molecule has 1 fully saturated rings. The third-order valence-corrected chi connectivity index (χ3v) is 16.0. The summed E-state index contributed by atoms with van der Waals surface area (Å²) in [5.41, 5.74) is 0.709. The lowest BCUT2D eigenvalue weighted by Gasteiger charge is -2.37. The number of hydrogen-bond donors (Lipinski definition) is 7. The third kappa shape index (κ3) is 23.4. The summed E-state index contributed by atoms with van der Waals surface area (Å²) in [4.78, 5) is 174. The molecule has 0 spiro atoms. The number of imide groups is 1. The normalized spacial score (nSPS) is 16.3. The highest BCUT2D eigenvalue weighted by Crippen LogP contribution is 2.21. The van der Waals surface area contributed by atoms with Crippen molar-refractivity contribution in [2.75, 3.05) is 54.9 Å². The lowest BCUT2D eigenvalue weighted by molar-refractivity contribution is -0.150. The molecule has 25 heteroatoms. The van der Waals surface area contributed by atoms with Crippen LogP contribution in [-0.2, 0) is 59.2 Å². The van der Waals surface area contributed by atoms with Gasteiger partial charge in [0, 0.05) is 61.3 Å². The van der Waals surface area contributed by atoms with Crippen molar-refractivity contribution < 1.29 is 62.6 Å². The molecule has 7 N–H and O–H groups in total. The van der Waals surface area contributed by atoms with E-state index in [4.69, 9.17) is 0 Å². The van der Waals surface area contributed by atoms with E-state index in [9.17, 15) is 62.6 Å². The highest BCUT2D eigenvalue weighted by molar-refractivity contribution is 6.09. The lowest BCUT2D eigenvalue weighted by Crippen LogP contribution is -2.63. The topological polar surface area (TPSA) is 317 Å². The van der Waals surface area contributed by atoms with Crippen molar-refractivity contribution in [3.8, 4) is 0 Å². The Morgan fingerprint density at radius 1 is 0.545 bits per heavy atom. The second kappa shape index (κ2) is 36.3. The summed E-state index contributed by atoms with van der Waals surface area (Å²) in [5, 5.41) is 26.1. The average molecular weight is 1240 g/mol. The van der Waals surface area contributed by atoms with Gasteiger partial charge in [-0.25, -0.2) is 4.79 Å². The molecule has 88 heavy (non-hydrogen) atoms. The Morgan fingerprint density at radius 2 is 1.11 bits per heavy atom. The maximum atomic E-state index is 14.6. The number of hydrogen-bond acceptors (Lipinski definition) is 13. The second-order valence-electron chi connectivity index (χ2n) is 25.8. The SMILES string of the molecule is CC(C)C[C@H](CN(C)C(=O)[C@H](CC(C)C)NC(=O)[C@H](C(C)C)N(C)C(=O)[C@H](Cc1ccccc1)NC(=O)N(C)C=O)C(=O)N[C@@H](C)C(=O)N[C@@H](C(=O)N[C@@H](C(=O)N(C)[C@@H](CC(C)C)C(=O)N(C)[C@@H](C)C(=O)N[C@H](C)[C@@H](C)O)C(C)C)C(=O)N1CCCCC1. The molecule has 1 saturated heterocycles. The van der Waals surface area contributed by atoms with Gasteiger partial charge in [0.15, 0.2) is 6.04 Å². The van der Waals surface area contributed by atoms with Gasteiger partial charge >= 0.3 is 6.03 Å². The molecule has 1 aromatic rings. The van der Waals surface area contributed by atoms with Gasteiger partial charge in [-0.05, 0) is 101 Å². The van der Waals surface area contributed by atoms with Gasteiger partial charge < -0.3 is 61.5 Å². The fourth-order valence-electron chi connectivity index (χ4n) is 10.4. The Hall–Kier alpha value is -7.18. The monoisotopic (exact) mass is 1240 g/mol. The van der Waals surface area contributed by atoms with Crippen LogP contribution in [-0.4, -0.2) is 221 Å². The fraction of sp³-hybridized carbons (Fsp3) is 0.714. The van der Waals surface area contributed by atoms with Crippen molar-refractivity contribution in [1.82, 2.24) is 61.3 Å². The van der Waals surface area contributed by atoms with Gasteiger partial charge in [0.25, 0.3) is 11.8 Å². The van der Waals surface area contributed by atoms with Crippen LogP contribution in [0.3, 0.4) is 0 Å². The van der Waals surface area contributed by atoms with E-state index in [1.165, 1.54) is 80.5 Å². The smallest absolute Gasteiger partial charge is 0.324 e. The first kappa shape index (κ1) is 76.9. The predicted molar refractivity (Wildman–Crippen MR) is 334 cm³/mol. The number of carbonyl (C=O) groups excluding carboxylic acids is 12. The van der Waals surface area contributed by atoms with Crippen LogP contribution in [0.25, 0.3) is 0 Å². The van der Waals surface area contributed by atoms with Crippen LogP contribution in [0.15, 0.2) is 30.3 Å². The molecule has 0 radical (unpaired) electrons. The van der Waals surface area contributed by atoms with Crippen molar-refractivity contribution in [2.24, 2.45) is 35.5 Å². The van der Waals surface area contributed by atoms with E-state index in [0.29, 0.717) is 37.9 Å². The third-order valence-electron chi connectivity index (χ3n) is 16.0. The first-order valence-electron chi connectivity index (χ1n) is 31.0. The van der Waals surface area contributed by atoms with Crippen LogP contribution < -0.4 is 31.9 Å². The van der Waals surface area contributed by atoms with Crippen LogP contribution in [0.2, 0.25) is 0 Å². The number of amides is 13. The zero-order valence-electron chi connectivity index (χ0n) is 55.8. The molecular formula is C63H106N12O13. The maximum absolute atomic E-state index is 14.6. The minimum atomic E-state index is -1.85. The van der Waals surface area contributed by atoms with Crippen molar-refractivity contribution >= 4 is 71.5 Å². The maximum Gasteiger partial charge on any atom is 0.324 e. The van der Waals surface area contributed by atoms with Crippen LogP contribution in [0, 0.1) is 35.5 Å². The number of urea groups is 1. The number of carbonyl (C=O) groups is 12. The number of nitrogens with zero attached hydrogens (tertiary/aromatic N) is 6. The predicted octanol–water partition coefficient (Wildman–Crippen LogP) is 2.28. The zero-order valence-corrected chi connectivity index (χ0v) is 55.8. The Kier molecular flexibility index (Phi) is 31.8. The Morgan fingerprint density at radius 3 is 1.62 bits per heavy atom. The van der Waals surface area contributed by atoms with E-state index in [1.807, 2.05) is 41.5 Å². The Balaban J connectivity index is 2.43. The number of rotatable bonds is 33. The Bertz CT molecular complexity index is 2520. The van der Waals surface area contributed by atoms with Gasteiger partial charge in [0.05, 0.1) is 18.1 Å². The van der Waals surface area contributed by atoms with Gasteiger partial charge in [-0.15, -0.1) is 0 Å². The number of aliphatic hydroxyl groups excluding tert-OH is 1. The largest absolute Gasteiger partial charge is 0.391 e. The molecule has 0 bridgehead atoms. The van der Waals surface area contributed by atoms with Crippen LogP contribution in [0.1, 0.15) is 141 Å². The summed E-state index contributed by atoms with van der Waals surface area (Å²) in [6, 6.07) is -2.53. The molecule has 0 aromatic heterocycles. The summed E-state index contributed by atoms with van der Waals surface area (Å²) in [6.07, 6.45) is 2.25. The van der Waals surface area contributed by atoms with Crippen LogP contribution in [0.5, 0.6) is 0 Å². The fourth-order valence-corrected chi connectivity index (χ4v) is 10.4. The molecule has 1 aromatic carbocycles. The van der Waals surface area contributed by atoms with E-state index in [-0.39, 0.29) is 50.0 Å². The standard InChI is InChI=1S/C63H106N12O13/c1-36(2)30-46(34-70(15)58(83)47(31-37(3)4)66-57(82)52(40(9)10)74(19)59(84)48(67-63(88)71(16)35-76)33-45-26-22-20-23-27-45)55(80)65-42(12)53(78)69-51(62(87)75-28-24-21-25-29-75)56(81)68-50(39(7)8)61(86)73(18)49(32-38(5)6)60(85)72(17)43(13)54(79)64-41(11)44(14)77/h20,22-23,26-27,35-44,46-52,77H,21,24-25,28-34H2,1-19H3,(H,64,79)(H,65,80)(H,66,82)(H,67,88)(H,68,81)(H,69,78)/t41-,42+,43+,44-,46-,47+,48+,49+,50-,51+,52+/m1/s1. The van der Waals surface area contributed by atoms with Crippen LogP contribution in [0.4, 0.5) is 4.79 Å². The minimum Gasteiger partial charge on any atom is -0.391 e. The zero-order chi connectivity index (χ0) is 67.2. The van der Waals surface area contributed by atoms with E-state index >= 15 is 0 Å². The van der Waals surface area contributed by atoms with Gasteiger partial charge in [-0.1, -0.05) is 99.6 Å². The molecule has 0 unspecified atom stereocenters. The summed E-state index contributed by atoms with van der Waals surface area (Å²) < 4.78 is 0. The summed E-state index contributed by atoms with van der Waals surface area (Å²) in [6.45, 7) is 24.6. The van der Waals surface area contributed by atoms with E-state index in [2.05, 4.69) is 31.9 Å². The van der Waals surface area contributed by atoms with E-state index in [0.717, 1.165) is 11.3 Å². The molecule has 2 rings (SSSR count). The van der Waals surface area contributed by atoms with Gasteiger partial charge in [0.1, 0.15) is 42.3 Å². The first-order valence-corrected chi connectivity index (χ1v) is 31.0. The number of likely N-dealkylation sites (N-methyl/N-ethyl adjacent to an activating group) is 4. The summed E-state index contributed by atoms with van der Waals surface area (Å²) >= 11 is 0. The van der Waals surface area contributed by atoms with E-state index in [1.54, 1.807) is 65.0 Å². The average Bonchev–Trinajstić information content (AvgIpc) is 3.49. The van der Waals surface area contributed by atoms with E-state index < -0.39 is 143 Å². The first-order chi connectivity index (χ1) is 41.0. The molecule has 1 heterocycles. The van der Waals surface area contributed by atoms with Crippen molar-refractivity contribution in [2.45, 2.75) is 202 Å². The van der Waals surface area contributed by atoms with Crippen molar-refractivity contribution in [1.29, 1.82) is 0 Å². The van der Waals surface area contributed by atoms with Gasteiger partial charge in [0.2, 0.25) is 53.7 Å². The Labute approximate surface area is 522 Å². The van der Waals surface area contributed by atoms with Crippen molar-refractivity contribution in [3.05, 3.63) is 35.9 Å². The molecule has 496 valence electrons. The van der Waals surface area contributed by atoms with Gasteiger partial charge in [-0.3, -0.25) is 57.6 Å². The molecular weight excluding hydrogens is 1130 g/mol. The quantitative estimate of drug-likeness (QED) is 0.0393. The number of benzene rings is 1. The molecule has 0 aliphatic carbocycles. The number of nitrogens with one attached hydrogen (secondary N) is 6. The number of likely N-dealkylation sites (tertiary alicyclic amines) is 1. The highest BCUT2D eigenvalue weighted by Gasteiger charge is 2.42. The molecule has 1 aliphatic heterocycles. The molecule has 11 atom stereocenters. The lowest BCUT2D eigenvalue weighted by atomic mass is 9.94. The minimum absolute atomic E-state index is 0.0444. The molecule has 1 aliphatic rings. The summed E-state index contributed by atoms with van der Waals surface area (Å²) in [5.74, 6) is -9.05. The second-order valence-corrected chi connectivity index (χ2v) is 25.8. The number of aliphatic hydroxyl groups is 1. The highest BCUT2D eigenvalue weighted by atomic mass is 16.3. The van der Waals surface area contributed by atoms with Crippen LogP contribution >= 0.6 is 0 Å². The van der Waals surface area contributed by atoms with Crippen molar-refractivity contribution in [3.63, 3.8) is 0 Å². The summed E-state index contributed by atoms with van der Waals surface area (Å²) in [7, 11) is 7.04. The molecule has 0 saturated carbocycles.